The van der Waals surface area contributed by atoms with Gasteiger partial charge in [-0.05, 0) is 24.1 Å². The van der Waals surface area contributed by atoms with Gasteiger partial charge < -0.3 is 9.64 Å². The molecule has 6 heteroatoms. The number of esters is 1. The van der Waals surface area contributed by atoms with Crippen molar-refractivity contribution in [2.24, 2.45) is 5.92 Å². The summed E-state index contributed by atoms with van der Waals surface area (Å²) in [7, 11) is 1.26. The third kappa shape index (κ3) is 3.20. The molecular formula is C14H16N2O4. The van der Waals surface area contributed by atoms with Crippen molar-refractivity contribution in [3.63, 3.8) is 0 Å². The molecule has 0 aliphatic carbocycles. The molecule has 2 heterocycles. The van der Waals surface area contributed by atoms with Gasteiger partial charge in [0.15, 0.2) is 5.78 Å². The molecule has 20 heavy (non-hydrogen) atoms. The minimum atomic E-state index is -0.732. The van der Waals surface area contributed by atoms with Crippen molar-refractivity contribution in [1.29, 1.82) is 0 Å². The van der Waals surface area contributed by atoms with E-state index in [4.69, 9.17) is 0 Å². The molecule has 6 nitrogen and oxygen atoms in total. The van der Waals surface area contributed by atoms with E-state index in [1.54, 1.807) is 24.5 Å². The highest BCUT2D eigenvalue weighted by molar-refractivity contribution is 6.02. The number of pyridine rings is 1. The van der Waals surface area contributed by atoms with Crippen molar-refractivity contribution in [1.82, 2.24) is 9.88 Å². The number of rotatable bonds is 3. The van der Waals surface area contributed by atoms with E-state index in [2.05, 4.69) is 9.72 Å². The second-order valence-electron chi connectivity index (χ2n) is 4.68. The summed E-state index contributed by atoms with van der Waals surface area (Å²) in [4.78, 5) is 40.7. The first kappa shape index (κ1) is 14.2. The average molecular weight is 276 g/mol. The summed E-state index contributed by atoms with van der Waals surface area (Å²) in [6, 6.07) is 3.53. The van der Waals surface area contributed by atoms with E-state index in [1.165, 1.54) is 12.0 Å². The van der Waals surface area contributed by atoms with Gasteiger partial charge >= 0.3 is 5.97 Å². The minimum Gasteiger partial charge on any atom is -0.468 e. The number of hydrogen-bond donors (Lipinski definition) is 0. The molecule has 1 saturated heterocycles. The molecule has 106 valence electrons. The minimum absolute atomic E-state index is 0.0241. The van der Waals surface area contributed by atoms with Crippen LogP contribution in [0.5, 0.6) is 0 Å². The molecule has 0 spiro atoms. The van der Waals surface area contributed by atoms with E-state index in [0.29, 0.717) is 13.0 Å². The highest BCUT2D eigenvalue weighted by Crippen LogP contribution is 2.16. The van der Waals surface area contributed by atoms with Gasteiger partial charge in [0.1, 0.15) is 5.92 Å². The van der Waals surface area contributed by atoms with Crippen LogP contribution in [0.2, 0.25) is 0 Å². The zero-order valence-corrected chi connectivity index (χ0v) is 11.2. The third-order valence-corrected chi connectivity index (χ3v) is 3.37. The van der Waals surface area contributed by atoms with Crippen molar-refractivity contribution in [2.75, 3.05) is 20.2 Å². The summed E-state index contributed by atoms with van der Waals surface area (Å²) in [5, 5.41) is 0. The number of carbonyl (C=O) groups excluding carboxylic acids is 3. The van der Waals surface area contributed by atoms with Gasteiger partial charge in [-0.15, -0.1) is 0 Å². The van der Waals surface area contributed by atoms with Gasteiger partial charge in [-0.1, -0.05) is 0 Å². The molecule has 0 N–H and O–H groups in total. The van der Waals surface area contributed by atoms with Crippen LogP contribution in [-0.2, 0) is 25.5 Å². The molecule has 2 rings (SSSR count). The Kier molecular flexibility index (Phi) is 4.45. The number of likely N-dealkylation sites (tertiary alicyclic amines) is 1. The molecule has 1 aliphatic heterocycles. The van der Waals surface area contributed by atoms with Gasteiger partial charge in [0.05, 0.1) is 20.1 Å². The van der Waals surface area contributed by atoms with Crippen LogP contribution in [0.4, 0.5) is 0 Å². The van der Waals surface area contributed by atoms with Crippen LogP contribution in [0, 0.1) is 5.92 Å². The van der Waals surface area contributed by atoms with E-state index in [-0.39, 0.29) is 24.7 Å². The van der Waals surface area contributed by atoms with Crippen LogP contribution in [0.3, 0.4) is 0 Å². The van der Waals surface area contributed by atoms with Crippen molar-refractivity contribution in [3.8, 4) is 0 Å². The first-order chi connectivity index (χ1) is 9.61. The number of Topliss-reactive ketones (excluding diaryl/α,β-unsaturated/α-hetero) is 1. The first-order valence-corrected chi connectivity index (χ1v) is 6.39. The maximum Gasteiger partial charge on any atom is 0.316 e. The fourth-order valence-corrected chi connectivity index (χ4v) is 2.21. The number of ketones is 1. The summed E-state index contributed by atoms with van der Waals surface area (Å²) >= 11 is 0. The topological polar surface area (TPSA) is 76.6 Å². The molecule has 1 amide bonds. The second-order valence-corrected chi connectivity index (χ2v) is 4.68. The summed E-state index contributed by atoms with van der Waals surface area (Å²) < 4.78 is 4.58. The van der Waals surface area contributed by atoms with Crippen LogP contribution in [0.1, 0.15) is 12.0 Å². The van der Waals surface area contributed by atoms with Gasteiger partial charge in [0.25, 0.3) is 0 Å². The molecule has 1 aromatic heterocycles. The van der Waals surface area contributed by atoms with Gasteiger partial charge in [0.2, 0.25) is 5.91 Å². The van der Waals surface area contributed by atoms with Crippen molar-refractivity contribution in [2.45, 2.75) is 12.8 Å². The lowest BCUT2D eigenvalue weighted by Crippen LogP contribution is -2.47. The third-order valence-electron chi connectivity index (χ3n) is 3.37. The summed E-state index contributed by atoms with van der Waals surface area (Å²) in [5.41, 5.74) is 0.854. The van der Waals surface area contributed by atoms with E-state index >= 15 is 0 Å². The molecular weight excluding hydrogens is 260 g/mol. The van der Waals surface area contributed by atoms with Gasteiger partial charge in [-0.3, -0.25) is 19.4 Å². The van der Waals surface area contributed by atoms with Crippen molar-refractivity contribution >= 4 is 17.7 Å². The molecule has 0 bridgehead atoms. The standard InChI is InChI=1S/C14H16N2O4/c1-20-14(19)11-4-7-16(9-12(11)17)13(18)8-10-2-5-15-6-3-10/h2-3,5-6,11H,4,7-9H2,1H3. The quantitative estimate of drug-likeness (QED) is 0.583. The Hall–Kier alpha value is -2.24. The van der Waals surface area contributed by atoms with E-state index in [1.807, 2.05) is 0 Å². The SMILES string of the molecule is COC(=O)C1CCN(C(=O)Cc2ccncc2)CC1=O. The maximum absolute atomic E-state index is 12.1. The molecule has 1 fully saturated rings. The first-order valence-electron chi connectivity index (χ1n) is 6.39. The predicted octanol–water partition coefficient (Wildman–Crippen LogP) is 0.215. The summed E-state index contributed by atoms with van der Waals surface area (Å²) in [5.74, 6) is -1.62. The Bertz CT molecular complexity index is 515. The Morgan fingerprint density at radius 2 is 2.10 bits per heavy atom. The number of methoxy groups -OCH3 is 1. The van der Waals surface area contributed by atoms with Crippen LogP contribution < -0.4 is 0 Å². The van der Waals surface area contributed by atoms with Gasteiger partial charge in [-0.25, -0.2) is 0 Å². The van der Waals surface area contributed by atoms with Crippen molar-refractivity contribution in [3.05, 3.63) is 30.1 Å². The summed E-state index contributed by atoms with van der Waals surface area (Å²) in [6.07, 6.45) is 3.81. The zero-order valence-electron chi connectivity index (χ0n) is 11.2. The molecule has 1 aromatic rings. The Balaban J connectivity index is 1.94. The van der Waals surface area contributed by atoms with E-state index < -0.39 is 11.9 Å². The van der Waals surface area contributed by atoms with Crippen LogP contribution in [0.25, 0.3) is 0 Å². The van der Waals surface area contributed by atoms with Crippen LogP contribution in [0.15, 0.2) is 24.5 Å². The van der Waals surface area contributed by atoms with Crippen molar-refractivity contribution < 1.29 is 19.1 Å². The fraction of sp³-hybridized carbons (Fsp3) is 0.429. The zero-order chi connectivity index (χ0) is 14.5. The molecule has 0 saturated carbocycles. The number of amides is 1. The van der Waals surface area contributed by atoms with E-state index in [9.17, 15) is 14.4 Å². The highest BCUT2D eigenvalue weighted by Gasteiger charge is 2.34. The number of hydrogen-bond acceptors (Lipinski definition) is 5. The maximum atomic E-state index is 12.1. The normalized spacial score (nSPS) is 18.8. The lowest BCUT2D eigenvalue weighted by molar-refractivity contribution is -0.154. The Morgan fingerprint density at radius 1 is 1.40 bits per heavy atom. The average Bonchev–Trinajstić information content (AvgIpc) is 2.47. The number of aromatic nitrogens is 1. The number of nitrogens with zero attached hydrogens (tertiary/aromatic N) is 2. The Morgan fingerprint density at radius 3 is 2.70 bits per heavy atom. The highest BCUT2D eigenvalue weighted by atomic mass is 16.5. The smallest absolute Gasteiger partial charge is 0.316 e. The van der Waals surface area contributed by atoms with E-state index in [0.717, 1.165) is 5.56 Å². The molecule has 0 aromatic carbocycles. The lowest BCUT2D eigenvalue weighted by atomic mass is 9.95. The lowest BCUT2D eigenvalue weighted by Gasteiger charge is -2.29. The largest absolute Gasteiger partial charge is 0.468 e. The summed E-state index contributed by atoms with van der Waals surface area (Å²) in [6.45, 7) is 0.374. The molecule has 1 unspecified atom stereocenters. The van der Waals surface area contributed by atoms with Crippen LogP contribution >= 0.6 is 0 Å². The monoisotopic (exact) mass is 276 g/mol. The Labute approximate surface area is 116 Å². The fourth-order valence-electron chi connectivity index (χ4n) is 2.21. The molecule has 1 aliphatic rings. The predicted molar refractivity (Wildman–Crippen MR) is 69.7 cm³/mol. The molecule has 0 radical (unpaired) electrons. The van der Waals surface area contributed by atoms with Gasteiger partial charge in [0, 0.05) is 18.9 Å². The van der Waals surface area contributed by atoms with Crippen LogP contribution in [-0.4, -0.2) is 47.7 Å². The number of piperidine rings is 1. The molecule has 1 atom stereocenters. The van der Waals surface area contributed by atoms with Gasteiger partial charge in [-0.2, -0.15) is 0 Å². The second kappa shape index (κ2) is 6.27. The number of ether oxygens (including phenoxy) is 1. The number of carbonyl (C=O) groups is 3.